The quantitative estimate of drug-likeness (QED) is 0.144. The van der Waals surface area contributed by atoms with Gasteiger partial charge in [0.15, 0.2) is 0 Å². The second kappa shape index (κ2) is 15.6. The first kappa shape index (κ1) is 36.9. The van der Waals surface area contributed by atoms with Gasteiger partial charge in [-0.15, -0.1) is 22.1 Å². The van der Waals surface area contributed by atoms with Crippen LogP contribution in [0.5, 0.6) is 0 Å². The second-order valence-corrected chi connectivity index (χ2v) is 13.7. The molecule has 4 aromatic carbocycles. The second-order valence-electron chi connectivity index (χ2n) is 13.7. The third kappa shape index (κ3) is 6.91. The Labute approximate surface area is 342 Å². The fourth-order valence-electron chi connectivity index (χ4n) is 7.41. The average molecular weight is 776 g/mol. The molecule has 0 fully saturated rings. The molecule has 8 bridgehead atoms. The van der Waals surface area contributed by atoms with Crippen molar-refractivity contribution < 1.29 is 16.5 Å². The standard InChI is InChI=1S/C52H36N4.Ni/c1-5-33-9-17-37(18-10-33)49-41-25-27-43(53-41)50(38-19-11-34(6-2)12-20-38)45-29-31-47(55-45)52(40-23-15-36(8-4)16-24-40)48-32-30-46(56-48)51(44-28-26-42(49)54-44)39-21-13-35(7-3)14-22-39;/h5-32H,1-4H2;/q-2;+2. The molecule has 0 unspecified atom stereocenters. The van der Waals surface area contributed by atoms with Crippen LogP contribution in [0.25, 0.3) is 115 Å². The Hall–Kier alpha value is -7.07. The van der Waals surface area contributed by atoms with Gasteiger partial charge in [-0.05, 0) is 91.1 Å². The van der Waals surface area contributed by atoms with Gasteiger partial charge in [0.1, 0.15) is 0 Å². The zero-order valence-corrected chi connectivity index (χ0v) is 32.1. The van der Waals surface area contributed by atoms with Crippen molar-refractivity contribution in [1.82, 2.24) is 19.9 Å². The number of benzene rings is 4. The monoisotopic (exact) mass is 774 g/mol. The maximum Gasteiger partial charge on any atom is 2.00 e. The molecule has 5 heterocycles. The van der Waals surface area contributed by atoms with Crippen LogP contribution in [0.2, 0.25) is 0 Å². The van der Waals surface area contributed by atoms with Crippen LogP contribution in [0.1, 0.15) is 45.0 Å². The number of hydrogen-bond acceptors (Lipinski definition) is 2. The smallest absolute Gasteiger partial charge is 0.657 e. The van der Waals surface area contributed by atoms with Crippen molar-refractivity contribution in [3.05, 3.63) is 193 Å². The molecule has 0 radical (unpaired) electrons. The summed E-state index contributed by atoms with van der Waals surface area (Å²) in [7, 11) is 0. The topological polar surface area (TPSA) is 54.0 Å². The van der Waals surface area contributed by atoms with Gasteiger partial charge in [-0.2, -0.15) is 0 Å². The Kier molecular flexibility index (Phi) is 10.1. The molecule has 7 aromatic rings. The molecule has 2 aliphatic heterocycles. The maximum absolute atomic E-state index is 5.37. The van der Waals surface area contributed by atoms with Gasteiger partial charge >= 0.3 is 16.5 Å². The number of rotatable bonds is 8. The Morgan fingerprint density at radius 1 is 0.316 bits per heavy atom. The normalized spacial score (nSPS) is 11.5. The zero-order chi connectivity index (χ0) is 38.2. The van der Waals surface area contributed by atoms with E-state index in [0.717, 1.165) is 112 Å². The number of nitrogens with zero attached hydrogens (tertiary/aromatic N) is 4. The predicted octanol–water partition coefficient (Wildman–Crippen LogP) is 13.2. The summed E-state index contributed by atoms with van der Waals surface area (Å²) < 4.78 is 0. The fourth-order valence-corrected chi connectivity index (χ4v) is 7.41. The van der Waals surface area contributed by atoms with Crippen LogP contribution in [0.3, 0.4) is 0 Å². The molecular formula is C52H36N4Ni. The van der Waals surface area contributed by atoms with E-state index >= 15 is 0 Å². The van der Waals surface area contributed by atoms with E-state index < -0.39 is 0 Å². The summed E-state index contributed by atoms with van der Waals surface area (Å²) in [5.41, 5.74) is 18.4. The van der Waals surface area contributed by atoms with Crippen molar-refractivity contribution >= 4 is 70.7 Å². The minimum atomic E-state index is 0. The summed E-state index contributed by atoms with van der Waals surface area (Å²) in [6, 6.07) is 41.8. The Balaban J connectivity index is 0.00000455. The van der Waals surface area contributed by atoms with Gasteiger partial charge in [0.2, 0.25) is 0 Å². The van der Waals surface area contributed by atoms with E-state index in [-0.39, 0.29) is 16.5 Å². The Morgan fingerprint density at radius 3 is 0.719 bits per heavy atom. The Morgan fingerprint density at radius 2 is 0.526 bits per heavy atom. The van der Waals surface area contributed by atoms with Crippen LogP contribution >= 0.6 is 0 Å². The van der Waals surface area contributed by atoms with Gasteiger partial charge in [0, 0.05) is 0 Å². The van der Waals surface area contributed by atoms with Crippen molar-refractivity contribution in [2.75, 3.05) is 0 Å². The molecule has 4 nitrogen and oxygen atoms in total. The average Bonchev–Trinajstić information content (AvgIpc) is 4.10. The molecule has 0 aliphatic carbocycles. The van der Waals surface area contributed by atoms with Gasteiger partial charge in [0.05, 0.1) is 22.8 Å². The van der Waals surface area contributed by atoms with Gasteiger partial charge in [0.25, 0.3) is 0 Å². The molecule has 0 saturated carbocycles. The molecule has 3 aromatic heterocycles. The fraction of sp³-hybridized carbons (Fsp3) is 0. The predicted molar refractivity (Wildman–Crippen MR) is 239 cm³/mol. The van der Waals surface area contributed by atoms with Crippen LogP contribution < -0.4 is 9.97 Å². The van der Waals surface area contributed by atoms with E-state index in [1.807, 2.05) is 24.3 Å². The zero-order valence-electron chi connectivity index (χ0n) is 31.1. The van der Waals surface area contributed by atoms with E-state index in [1.165, 1.54) is 0 Å². The first-order valence-electron chi connectivity index (χ1n) is 18.5. The molecule has 2 aliphatic rings. The number of aromatic nitrogens is 4. The van der Waals surface area contributed by atoms with Crippen LogP contribution in [-0.2, 0) is 16.5 Å². The third-order valence-corrected chi connectivity index (χ3v) is 10.3. The molecule has 9 rings (SSSR count). The maximum atomic E-state index is 5.37. The summed E-state index contributed by atoms with van der Waals surface area (Å²) >= 11 is 0. The van der Waals surface area contributed by atoms with E-state index in [9.17, 15) is 0 Å². The van der Waals surface area contributed by atoms with Gasteiger partial charge in [-0.25, -0.2) is 9.97 Å². The van der Waals surface area contributed by atoms with Crippen LogP contribution in [-0.4, -0.2) is 9.97 Å². The molecule has 0 N–H and O–H groups in total. The van der Waals surface area contributed by atoms with Gasteiger partial charge in [-0.3, -0.25) is 0 Å². The van der Waals surface area contributed by atoms with Gasteiger partial charge < -0.3 is 9.97 Å². The van der Waals surface area contributed by atoms with E-state index in [2.05, 4.69) is 172 Å². The largest absolute Gasteiger partial charge is 2.00 e. The molecule has 0 saturated heterocycles. The molecular weight excluding hydrogens is 739 g/mol. The number of hydrogen-bond donors (Lipinski definition) is 0. The number of fused-ring (bicyclic) bond motifs is 8. The SMILES string of the molecule is C=Cc1ccc(-c2c3nc(c(-c4ccc(C=C)cc4)c4ccc([n-]4)c(-c4ccc(C=C)cc4)c4nc(c(-c5ccc(C=C)cc5)c5ccc2[n-]5)C=C4)C=C3)cc1.[Ni+2]. The molecule has 5 heteroatoms. The van der Waals surface area contributed by atoms with Crippen molar-refractivity contribution in [1.29, 1.82) is 0 Å². The summed E-state index contributed by atoms with van der Waals surface area (Å²) in [6.07, 6.45) is 15.7. The summed E-state index contributed by atoms with van der Waals surface area (Å²) in [5.74, 6) is 0. The minimum Gasteiger partial charge on any atom is -0.657 e. The third-order valence-electron chi connectivity index (χ3n) is 10.3. The Bertz CT molecular complexity index is 2540. The van der Waals surface area contributed by atoms with E-state index in [1.54, 1.807) is 0 Å². The first-order chi connectivity index (χ1) is 27.5. The van der Waals surface area contributed by atoms with Crippen LogP contribution in [0, 0.1) is 0 Å². The van der Waals surface area contributed by atoms with E-state index in [4.69, 9.17) is 19.9 Å². The molecule has 0 spiro atoms. The molecule has 274 valence electrons. The van der Waals surface area contributed by atoms with E-state index in [0.29, 0.717) is 0 Å². The summed E-state index contributed by atoms with van der Waals surface area (Å²) in [4.78, 5) is 21.5. The first-order valence-corrected chi connectivity index (χ1v) is 18.5. The molecule has 0 atom stereocenters. The van der Waals surface area contributed by atoms with Crippen molar-refractivity contribution in [2.24, 2.45) is 0 Å². The summed E-state index contributed by atoms with van der Waals surface area (Å²) in [6.45, 7) is 15.9. The van der Waals surface area contributed by atoms with Crippen molar-refractivity contribution in [3.8, 4) is 44.5 Å². The molecule has 0 amide bonds. The minimum absolute atomic E-state index is 0. The van der Waals surface area contributed by atoms with Crippen LogP contribution in [0.4, 0.5) is 0 Å². The van der Waals surface area contributed by atoms with Gasteiger partial charge in [-0.1, -0.05) is 172 Å². The molecule has 57 heavy (non-hydrogen) atoms. The van der Waals surface area contributed by atoms with Crippen molar-refractivity contribution in [3.63, 3.8) is 0 Å². The summed E-state index contributed by atoms with van der Waals surface area (Å²) in [5, 5.41) is 0. The van der Waals surface area contributed by atoms with Crippen LogP contribution in [0.15, 0.2) is 148 Å². The van der Waals surface area contributed by atoms with Crippen molar-refractivity contribution in [2.45, 2.75) is 0 Å².